The van der Waals surface area contributed by atoms with Crippen molar-refractivity contribution in [3.8, 4) is 11.4 Å². The summed E-state index contributed by atoms with van der Waals surface area (Å²) >= 11 is 0. The van der Waals surface area contributed by atoms with Gasteiger partial charge in [-0.2, -0.15) is 0 Å². The first kappa shape index (κ1) is 28.2. The van der Waals surface area contributed by atoms with E-state index in [1.165, 1.54) is 16.3 Å². The maximum atomic E-state index is 14.4. The van der Waals surface area contributed by atoms with E-state index >= 15 is 0 Å². The third-order valence-electron chi connectivity index (χ3n) is 8.10. The molecule has 2 aliphatic heterocycles. The molecule has 40 heavy (non-hydrogen) atoms. The molecule has 5 rings (SSSR count). The minimum Gasteiger partial charge on any atom is -0.495 e. The number of aliphatic hydroxyl groups excluding tert-OH is 1. The van der Waals surface area contributed by atoms with Gasteiger partial charge >= 0.3 is 0 Å². The second-order valence-corrected chi connectivity index (χ2v) is 12.6. The number of carbonyl (C=O) groups excluding carboxylic acids is 1. The smallest absolute Gasteiger partial charge is 0.231 e. The van der Waals surface area contributed by atoms with E-state index in [0.29, 0.717) is 18.6 Å². The van der Waals surface area contributed by atoms with Gasteiger partial charge in [0.25, 0.3) is 0 Å². The molecule has 2 aliphatic rings. The number of benzene rings is 2. The summed E-state index contributed by atoms with van der Waals surface area (Å²) < 4.78 is 62.4. The van der Waals surface area contributed by atoms with E-state index in [1.807, 2.05) is 35.9 Å². The highest BCUT2D eigenvalue weighted by Crippen LogP contribution is 2.52. The van der Waals surface area contributed by atoms with E-state index in [-0.39, 0.29) is 31.1 Å². The summed E-state index contributed by atoms with van der Waals surface area (Å²) in [5.41, 5.74) is 1.30. The van der Waals surface area contributed by atoms with Gasteiger partial charge in [-0.05, 0) is 55.2 Å². The van der Waals surface area contributed by atoms with E-state index < -0.39 is 45.6 Å². The highest BCUT2D eigenvalue weighted by molar-refractivity contribution is 7.88. The van der Waals surface area contributed by atoms with Crippen LogP contribution in [0.25, 0.3) is 5.69 Å². The van der Waals surface area contributed by atoms with E-state index in [0.717, 1.165) is 41.4 Å². The molecular formula is C28H32F2N4O5S. The fourth-order valence-corrected chi connectivity index (χ4v) is 7.09. The van der Waals surface area contributed by atoms with Gasteiger partial charge in [-0.15, -0.1) is 0 Å². The Morgan fingerprint density at radius 1 is 1.20 bits per heavy atom. The molecule has 1 aromatic heterocycles. The van der Waals surface area contributed by atoms with Crippen LogP contribution in [-0.2, 0) is 14.8 Å². The molecule has 0 bridgehead atoms. The number of nitrogens with zero attached hydrogens (tertiary/aromatic N) is 4. The van der Waals surface area contributed by atoms with Crippen LogP contribution in [0.5, 0.6) is 5.75 Å². The van der Waals surface area contributed by atoms with Crippen LogP contribution in [0.2, 0.25) is 0 Å². The lowest BCUT2D eigenvalue weighted by molar-refractivity contribution is -0.150. The van der Waals surface area contributed by atoms with Crippen molar-refractivity contribution in [3.05, 3.63) is 77.4 Å². The number of hydrogen-bond donors (Lipinski definition) is 1. The van der Waals surface area contributed by atoms with Crippen molar-refractivity contribution in [2.45, 2.75) is 31.7 Å². The molecule has 12 heteroatoms. The number of carbonyl (C=O) groups is 1. The Hall–Kier alpha value is -3.35. The van der Waals surface area contributed by atoms with Crippen LogP contribution in [0.3, 0.4) is 0 Å². The molecule has 9 nitrogen and oxygen atoms in total. The Bertz CT molecular complexity index is 1520. The SMILES string of the molecule is COc1cc(C2CN(S(C)(=O)=O)CC23CCCN([C@@H](CO)c2cc(F)cc(F)c2)C3=O)ccc1-n1cnc(C)c1. The standard InChI is InChI=1S/C28H32F2N4O5S/c1-18-13-32(17-31-18)24-6-5-19(11-26(24)39-2)23-14-33(40(3,37)38)16-28(23)7-4-8-34(27(28)36)25(15-35)20-9-21(29)12-22(30)10-20/h5-6,9-13,17,23,25,35H,4,7-8,14-16H2,1-3H3/t23?,25-,28?/m0/s1. The molecule has 0 aliphatic carbocycles. The topological polar surface area (TPSA) is 105 Å². The fourth-order valence-electron chi connectivity index (χ4n) is 6.20. The molecule has 0 radical (unpaired) electrons. The summed E-state index contributed by atoms with van der Waals surface area (Å²) in [7, 11) is -2.10. The summed E-state index contributed by atoms with van der Waals surface area (Å²) in [5, 5.41) is 10.3. The highest BCUT2D eigenvalue weighted by Gasteiger charge is 2.57. The number of ether oxygens (including phenoxy) is 1. The van der Waals surface area contributed by atoms with Gasteiger partial charge in [0.2, 0.25) is 15.9 Å². The van der Waals surface area contributed by atoms with Gasteiger partial charge in [0.05, 0.1) is 49.1 Å². The van der Waals surface area contributed by atoms with Crippen LogP contribution < -0.4 is 4.74 Å². The zero-order valence-corrected chi connectivity index (χ0v) is 23.4. The molecular weight excluding hydrogens is 542 g/mol. The maximum absolute atomic E-state index is 14.4. The molecule has 2 fully saturated rings. The second-order valence-electron chi connectivity index (χ2n) is 10.6. The average molecular weight is 575 g/mol. The number of sulfonamides is 1. The number of aryl methyl sites for hydroxylation is 1. The Labute approximate surface area is 232 Å². The van der Waals surface area contributed by atoms with Gasteiger partial charge in [-0.25, -0.2) is 26.5 Å². The fraction of sp³-hybridized carbons (Fsp3) is 0.429. The van der Waals surface area contributed by atoms with Gasteiger partial charge in [0.15, 0.2) is 0 Å². The van der Waals surface area contributed by atoms with E-state index in [2.05, 4.69) is 4.98 Å². The zero-order valence-electron chi connectivity index (χ0n) is 22.5. The van der Waals surface area contributed by atoms with Gasteiger partial charge in [0.1, 0.15) is 17.4 Å². The van der Waals surface area contributed by atoms with Crippen LogP contribution in [0.4, 0.5) is 8.78 Å². The van der Waals surface area contributed by atoms with Crippen molar-refractivity contribution in [3.63, 3.8) is 0 Å². The predicted molar refractivity (Wildman–Crippen MR) is 144 cm³/mol. The molecule has 3 heterocycles. The number of aliphatic hydroxyl groups is 1. The van der Waals surface area contributed by atoms with Crippen molar-refractivity contribution in [1.82, 2.24) is 18.8 Å². The number of methoxy groups -OCH3 is 1. The summed E-state index contributed by atoms with van der Waals surface area (Å²) in [6, 6.07) is 7.50. The Kier molecular flexibility index (Phi) is 7.45. The Morgan fingerprint density at radius 2 is 1.93 bits per heavy atom. The van der Waals surface area contributed by atoms with Crippen LogP contribution in [0.1, 0.15) is 41.6 Å². The van der Waals surface area contributed by atoms with Gasteiger partial charge in [-0.1, -0.05) is 6.07 Å². The normalized spacial score (nSPS) is 22.7. The quantitative estimate of drug-likeness (QED) is 0.465. The van der Waals surface area contributed by atoms with Crippen molar-refractivity contribution in [2.75, 3.05) is 39.6 Å². The first-order valence-electron chi connectivity index (χ1n) is 13.0. The van der Waals surface area contributed by atoms with Crippen molar-refractivity contribution < 1.29 is 31.8 Å². The third kappa shape index (κ3) is 4.99. The number of likely N-dealkylation sites (tertiary alicyclic amines) is 1. The van der Waals surface area contributed by atoms with Crippen molar-refractivity contribution in [1.29, 1.82) is 0 Å². The van der Waals surface area contributed by atoms with Gasteiger partial charge in [-0.3, -0.25) is 4.79 Å². The minimum absolute atomic E-state index is 0.0354. The Balaban J connectivity index is 1.58. The molecule has 1 N–H and O–H groups in total. The molecule has 1 amide bonds. The van der Waals surface area contributed by atoms with E-state index in [1.54, 1.807) is 6.33 Å². The summed E-state index contributed by atoms with van der Waals surface area (Å²) in [6.45, 7) is 1.64. The Morgan fingerprint density at radius 3 is 2.52 bits per heavy atom. The number of aromatic nitrogens is 2. The van der Waals surface area contributed by atoms with Crippen LogP contribution in [-0.4, -0.2) is 77.8 Å². The molecule has 3 atom stereocenters. The predicted octanol–water partition coefficient (Wildman–Crippen LogP) is 3.17. The first-order chi connectivity index (χ1) is 19.0. The number of rotatable bonds is 7. The lowest BCUT2D eigenvalue weighted by Gasteiger charge is -2.45. The van der Waals surface area contributed by atoms with E-state index in [9.17, 15) is 27.1 Å². The van der Waals surface area contributed by atoms with E-state index in [4.69, 9.17) is 4.74 Å². The molecule has 0 saturated carbocycles. The third-order valence-corrected chi connectivity index (χ3v) is 9.32. The first-order valence-corrected chi connectivity index (χ1v) is 14.8. The van der Waals surface area contributed by atoms with Gasteiger partial charge in [0, 0.05) is 37.8 Å². The monoisotopic (exact) mass is 574 g/mol. The molecule has 2 unspecified atom stereocenters. The largest absolute Gasteiger partial charge is 0.495 e. The molecule has 214 valence electrons. The molecule has 1 spiro atoms. The van der Waals surface area contributed by atoms with Crippen LogP contribution >= 0.6 is 0 Å². The second kappa shape index (κ2) is 10.6. The zero-order chi connectivity index (χ0) is 28.8. The highest BCUT2D eigenvalue weighted by atomic mass is 32.2. The molecule has 2 aromatic carbocycles. The maximum Gasteiger partial charge on any atom is 0.231 e. The van der Waals surface area contributed by atoms with Crippen molar-refractivity contribution >= 4 is 15.9 Å². The minimum atomic E-state index is -3.64. The lowest BCUT2D eigenvalue weighted by atomic mass is 9.68. The number of amides is 1. The molecule has 3 aromatic rings. The average Bonchev–Trinajstić information content (AvgIpc) is 3.50. The van der Waals surface area contributed by atoms with Crippen LogP contribution in [0, 0.1) is 24.0 Å². The van der Waals surface area contributed by atoms with Crippen LogP contribution in [0.15, 0.2) is 48.9 Å². The number of imidazole rings is 1. The van der Waals surface area contributed by atoms with Crippen molar-refractivity contribution in [2.24, 2.45) is 5.41 Å². The number of hydrogen-bond acceptors (Lipinski definition) is 6. The summed E-state index contributed by atoms with van der Waals surface area (Å²) in [5.74, 6) is -1.96. The summed E-state index contributed by atoms with van der Waals surface area (Å²) in [4.78, 5) is 20.1. The molecule has 2 saturated heterocycles. The number of piperidine rings is 1. The number of halogens is 2. The lowest BCUT2D eigenvalue weighted by Crippen LogP contribution is -2.54. The van der Waals surface area contributed by atoms with Gasteiger partial charge < -0.3 is 19.3 Å². The summed E-state index contributed by atoms with van der Waals surface area (Å²) in [6.07, 6.45) is 5.58.